The Labute approximate surface area is 79.0 Å². The Hall–Kier alpha value is -1.67. The number of nitrogens with zero attached hydrogens (tertiary/aromatic N) is 1. The lowest BCUT2D eigenvalue weighted by molar-refractivity contribution is -0.385. The highest BCUT2D eigenvalue weighted by atomic mass is 32.3. The summed E-state index contributed by atoms with van der Waals surface area (Å²) >= 11 is 0. The zero-order chi connectivity index (χ0) is 10.8. The average molecular weight is 218 g/mol. The van der Waals surface area contributed by atoms with Gasteiger partial charge >= 0.3 is 5.69 Å². The first-order chi connectivity index (χ1) is 6.40. The summed E-state index contributed by atoms with van der Waals surface area (Å²) in [5, 5.41) is 10.3. The number of nitro benzene ring substituents is 1. The third kappa shape index (κ3) is 2.68. The van der Waals surface area contributed by atoms with E-state index in [-0.39, 0.29) is 0 Å². The van der Waals surface area contributed by atoms with E-state index in [1.807, 2.05) is 0 Å². The van der Waals surface area contributed by atoms with Gasteiger partial charge in [0.05, 0.1) is 4.92 Å². The zero-order valence-corrected chi connectivity index (χ0v) is 7.43. The van der Waals surface area contributed by atoms with Crippen molar-refractivity contribution < 1.29 is 22.1 Å². The van der Waals surface area contributed by atoms with Crippen LogP contribution in [0.2, 0.25) is 0 Å². The molecule has 1 aromatic rings. The molecule has 0 aliphatic rings. The van der Waals surface area contributed by atoms with E-state index in [9.17, 15) is 23.1 Å². The second-order valence-electron chi connectivity index (χ2n) is 2.22. The fourth-order valence-electron chi connectivity index (χ4n) is 0.788. The van der Waals surface area contributed by atoms with Crippen molar-refractivity contribution in [3.8, 4) is 5.75 Å². The van der Waals surface area contributed by atoms with Crippen LogP contribution in [0.25, 0.3) is 0 Å². The Kier molecular flexibility index (Phi) is 2.68. The molecule has 0 heterocycles. The monoisotopic (exact) mass is 218 g/mol. The molecule has 0 aliphatic carbocycles. The van der Waals surface area contributed by atoms with Gasteiger partial charge in [-0.3, -0.25) is 10.1 Å². The molecule has 1 rings (SSSR count). The van der Waals surface area contributed by atoms with E-state index >= 15 is 0 Å². The summed E-state index contributed by atoms with van der Waals surface area (Å²) in [6.45, 7) is 0. The molecule has 0 bridgehead atoms. The van der Waals surface area contributed by atoms with Crippen LogP contribution < -0.4 is 4.18 Å². The summed E-state index contributed by atoms with van der Waals surface area (Å²) in [4.78, 5) is 9.49. The van der Waals surface area contributed by atoms with Crippen molar-refractivity contribution in [2.75, 3.05) is 0 Å². The number of nitro groups is 1. The fraction of sp³-hybridized carbons (Fsp3) is 0. The molecule has 8 heteroatoms. The first-order valence-electron chi connectivity index (χ1n) is 3.29. The van der Waals surface area contributed by atoms with E-state index in [2.05, 4.69) is 4.18 Å². The summed E-state index contributed by atoms with van der Waals surface area (Å²) < 4.78 is 34.4. The van der Waals surface area contributed by atoms with E-state index in [0.717, 1.165) is 12.1 Å². The third-order valence-electron chi connectivity index (χ3n) is 1.25. The van der Waals surface area contributed by atoms with Crippen molar-refractivity contribution in [3.05, 3.63) is 34.4 Å². The van der Waals surface area contributed by atoms with Gasteiger partial charge in [0, 0.05) is 6.07 Å². The predicted molar refractivity (Wildman–Crippen MR) is 43.4 cm³/mol. The Morgan fingerprint density at radius 1 is 1.29 bits per heavy atom. The second kappa shape index (κ2) is 3.60. The lowest BCUT2D eigenvalue weighted by atomic mass is 10.3. The maximum Gasteiger partial charge on any atom is 0.312 e. The zero-order valence-electron chi connectivity index (χ0n) is 6.61. The van der Waals surface area contributed by atoms with E-state index < -0.39 is 26.8 Å². The van der Waals surface area contributed by atoms with Crippen molar-refractivity contribution in [3.63, 3.8) is 0 Å². The smallest absolute Gasteiger partial charge is 0.312 e. The highest BCUT2D eigenvalue weighted by Gasteiger charge is 2.15. The van der Waals surface area contributed by atoms with Gasteiger partial charge in [-0.25, -0.2) is 8.42 Å². The van der Waals surface area contributed by atoms with E-state index in [1.165, 1.54) is 12.1 Å². The molecule has 0 fully saturated rings. The number of benzene rings is 1. The average Bonchev–Trinajstić information content (AvgIpc) is 2.01. The molecule has 14 heavy (non-hydrogen) atoms. The van der Waals surface area contributed by atoms with Crippen LogP contribution in [0, 0.1) is 10.1 Å². The van der Waals surface area contributed by atoms with Gasteiger partial charge < -0.3 is 8.74 Å². The van der Waals surface area contributed by atoms with Crippen molar-refractivity contribution in [1.29, 1.82) is 0 Å². The molecule has 76 valence electrons. The van der Waals surface area contributed by atoms with Crippen LogP contribution in [0.3, 0.4) is 0 Å². The van der Waals surface area contributed by atoms with Crippen LogP contribution in [-0.4, -0.2) is 17.9 Å². The first-order valence-corrected chi connectivity index (χ1v) is 4.62. The van der Waals surface area contributed by atoms with Gasteiger partial charge in [0.2, 0.25) is 5.75 Å². The summed E-state index contributed by atoms with van der Waals surface area (Å²) in [7, 11) is -4.99. The molecule has 0 aliphatic heterocycles. The standard InChI is InChI=1S/C6H5NO6S/c8-7(9)5-3-1-2-4-6(5)13-14(10,11)12/h1-4H,(H,10,11,12)/p-1. The molecule has 1 aromatic carbocycles. The largest absolute Gasteiger partial charge is 0.716 e. The number of rotatable bonds is 3. The van der Waals surface area contributed by atoms with E-state index in [4.69, 9.17) is 0 Å². The van der Waals surface area contributed by atoms with Crippen molar-refractivity contribution in [2.24, 2.45) is 0 Å². The Bertz CT molecular complexity index is 453. The van der Waals surface area contributed by atoms with Crippen molar-refractivity contribution >= 4 is 16.1 Å². The number of para-hydroxylation sites is 2. The Balaban J connectivity index is 3.15. The Morgan fingerprint density at radius 2 is 1.86 bits per heavy atom. The molecular formula is C6H4NO6S-. The summed E-state index contributed by atoms with van der Waals surface area (Å²) in [5.41, 5.74) is -0.577. The van der Waals surface area contributed by atoms with Gasteiger partial charge in [0.1, 0.15) is 0 Å². The van der Waals surface area contributed by atoms with Crippen LogP contribution in [0.5, 0.6) is 5.75 Å². The molecule has 0 unspecified atom stereocenters. The molecule has 0 radical (unpaired) electrons. The molecule has 0 aromatic heterocycles. The Morgan fingerprint density at radius 3 is 2.36 bits per heavy atom. The quantitative estimate of drug-likeness (QED) is 0.315. The van der Waals surface area contributed by atoms with Crippen LogP contribution in [0.15, 0.2) is 24.3 Å². The SMILES string of the molecule is O=[N+]([O-])c1ccccc1OS(=O)(=O)[O-]. The van der Waals surface area contributed by atoms with Gasteiger partial charge in [-0.15, -0.1) is 0 Å². The first kappa shape index (κ1) is 10.4. The van der Waals surface area contributed by atoms with Crippen LogP contribution in [0.4, 0.5) is 5.69 Å². The van der Waals surface area contributed by atoms with E-state index in [0.29, 0.717) is 0 Å². The highest BCUT2D eigenvalue weighted by molar-refractivity contribution is 7.81. The van der Waals surface area contributed by atoms with E-state index in [1.54, 1.807) is 0 Å². The minimum Gasteiger partial charge on any atom is -0.716 e. The number of hydrogen-bond acceptors (Lipinski definition) is 6. The topological polar surface area (TPSA) is 110 Å². The molecular weight excluding hydrogens is 214 g/mol. The van der Waals surface area contributed by atoms with Crippen molar-refractivity contribution in [2.45, 2.75) is 0 Å². The van der Waals surface area contributed by atoms with Gasteiger partial charge in [0.25, 0.3) is 10.4 Å². The molecule has 0 N–H and O–H groups in total. The maximum absolute atomic E-state index is 10.3. The van der Waals surface area contributed by atoms with Gasteiger partial charge in [0.15, 0.2) is 0 Å². The predicted octanol–water partition coefficient (Wildman–Crippen LogP) is 0.434. The van der Waals surface area contributed by atoms with Crippen LogP contribution in [0.1, 0.15) is 0 Å². The summed E-state index contributed by atoms with van der Waals surface area (Å²) in [6, 6.07) is 4.68. The minimum absolute atomic E-state index is 0.577. The summed E-state index contributed by atoms with van der Waals surface area (Å²) in [5.74, 6) is -0.590. The van der Waals surface area contributed by atoms with Gasteiger partial charge in [-0.1, -0.05) is 12.1 Å². The fourth-order valence-corrected chi connectivity index (χ4v) is 1.15. The lowest BCUT2D eigenvalue weighted by Crippen LogP contribution is -2.08. The molecule has 0 atom stereocenters. The molecule has 0 saturated carbocycles. The third-order valence-corrected chi connectivity index (χ3v) is 1.64. The molecule has 0 amide bonds. The molecule has 0 spiro atoms. The van der Waals surface area contributed by atoms with Gasteiger partial charge in [-0.2, -0.15) is 0 Å². The van der Waals surface area contributed by atoms with Crippen molar-refractivity contribution in [1.82, 2.24) is 0 Å². The molecule has 7 nitrogen and oxygen atoms in total. The normalized spacial score (nSPS) is 10.9. The number of hydrogen-bond donors (Lipinski definition) is 0. The molecule has 0 saturated heterocycles. The lowest BCUT2D eigenvalue weighted by Gasteiger charge is -2.08. The second-order valence-corrected chi connectivity index (χ2v) is 3.20. The summed E-state index contributed by atoms with van der Waals surface area (Å²) in [6.07, 6.45) is 0. The van der Waals surface area contributed by atoms with Crippen LogP contribution >= 0.6 is 0 Å². The van der Waals surface area contributed by atoms with Gasteiger partial charge in [-0.05, 0) is 6.07 Å². The minimum atomic E-state index is -4.99. The maximum atomic E-state index is 10.3. The van der Waals surface area contributed by atoms with Crippen LogP contribution in [-0.2, 0) is 10.4 Å². The highest BCUT2D eigenvalue weighted by Crippen LogP contribution is 2.26.